The first-order chi connectivity index (χ1) is 31.2. The van der Waals surface area contributed by atoms with E-state index in [0.29, 0.717) is 17.5 Å². The van der Waals surface area contributed by atoms with Crippen molar-refractivity contribution in [1.29, 1.82) is 0 Å². The Labute approximate surface area is 366 Å². The lowest BCUT2D eigenvalue weighted by molar-refractivity contribution is 1.07. The van der Waals surface area contributed by atoms with Gasteiger partial charge in [0.1, 0.15) is 0 Å². The van der Waals surface area contributed by atoms with E-state index in [2.05, 4.69) is 161 Å². The Balaban J connectivity index is 0.985. The van der Waals surface area contributed by atoms with Crippen molar-refractivity contribution in [1.82, 2.24) is 24.1 Å². The normalized spacial score (nSPS) is 11.8. The number of rotatable bonds is 6. The topological polar surface area (TPSA) is 48.5 Å². The fraction of sp³-hybridized carbons (Fsp3) is 0. The van der Waals surface area contributed by atoms with Crippen LogP contribution in [0.5, 0.6) is 0 Å². The number of thiophene rings is 1. The Bertz CT molecular complexity index is 3830. The summed E-state index contributed by atoms with van der Waals surface area (Å²) in [6.45, 7) is 0. The summed E-state index contributed by atoms with van der Waals surface area (Å²) in [7, 11) is 0. The van der Waals surface area contributed by atoms with Gasteiger partial charge in [0.25, 0.3) is 0 Å². The van der Waals surface area contributed by atoms with Gasteiger partial charge in [-0.25, -0.2) is 15.0 Å². The minimum absolute atomic E-state index is 0.636. The van der Waals surface area contributed by atoms with Crippen molar-refractivity contribution in [2.24, 2.45) is 0 Å². The highest BCUT2D eigenvalue weighted by Crippen LogP contribution is 2.48. The van der Waals surface area contributed by atoms with Crippen molar-refractivity contribution >= 4 is 75.1 Å². The maximum atomic E-state index is 4.99. The smallest absolute Gasteiger partial charge is 0.164 e. The fourth-order valence-electron chi connectivity index (χ4n) is 9.52. The molecule has 0 atom stereocenters. The highest BCUT2D eigenvalue weighted by molar-refractivity contribution is 7.26. The maximum Gasteiger partial charge on any atom is 0.164 e. The van der Waals surface area contributed by atoms with Crippen molar-refractivity contribution in [3.8, 4) is 56.7 Å². The predicted octanol–water partition coefficient (Wildman–Crippen LogP) is 15.1. The van der Waals surface area contributed by atoms with Gasteiger partial charge in [0.2, 0.25) is 0 Å². The summed E-state index contributed by atoms with van der Waals surface area (Å²) >= 11 is 1.89. The van der Waals surface area contributed by atoms with Crippen molar-refractivity contribution in [3.05, 3.63) is 212 Å². The second-order valence-electron chi connectivity index (χ2n) is 16.0. The Hall–Kier alpha value is -8.19. The van der Waals surface area contributed by atoms with E-state index in [9.17, 15) is 0 Å². The van der Waals surface area contributed by atoms with Gasteiger partial charge < -0.3 is 9.13 Å². The highest BCUT2D eigenvalue weighted by atomic mass is 32.1. The molecule has 0 aliphatic rings. The largest absolute Gasteiger partial charge is 0.309 e. The molecule has 0 unspecified atom stereocenters. The van der Waals surface area contributed by atoms with Crippen LogP contribution in [0.15, 0.2) is 212 Å². The van der Waals surface area contributed by atoms with E-state index >= 15 is 0 Å². The summed E-state index contributed by atoms with van der Waals surface area (Å²) in [6.07, 6.45) is 0. The fourth-order valence-corrected chi connectivity index (χ4v) is 10.8. The molecule has 0 fully saturated rings. The van der Waals surface area contributed by atoms with Gasteiger partial charge in [0, 0.05) is 65.1 Å². The Morgan fingerprint density at radius 1 is 0.333 bits per heavy atom. The molecule has 6 heteroatoms. The number of para-hydroxylation sites is 3. The van der Waals surface area contributed by atoms with Crippen LogP contribution < -0.4 is 0 Å². The molecule has 294 valence electrons. The van der Waals surface area contributed by atoms with Crippen molar-refractivity contribution < 1.29 is 0 Å². The average Bonchev–Trinajstić information content (AvgIpc) is 4.02. The SMILES string of the molecule is c1ccc(-c2nc(-c3ccccc3)nc(-c3ccc(-n4c5ccccc5c5cc(-c6cc7c8ccccc8n(-c8ccccc8)c7c7sc8ccccc8c67)ccc54)cc3)n2)cc1. The Kier molecular flexibility index (Phi) is 8.01. The van der Waals surface area contributed by atoms with Gasteiger partial charge in [-0.05, 0) is 83.9 Å². The van der Waals surface area contributed by atoms with Crippen LogP contribution in [0, 0.1) is 0 Å². The number of hydrogen-bond donors (Lipinski definition) is 0. The third kappa shape index (κ3) is 5.66. The first-order valence-electron chi connectivity index (χ1n) is 21.2. The predicted molar refractivity (Wildman–Crippen MR) is 263 cm³/mol. The minimum atomic E-state index is 0.636. The van der Waals surface area contributed by atoms with Crippen molar-refractivity contribution in [2.75, 3.05) is 0 Å². The highest BCUT2D eigenvalue weighted by Gasteiger charge is 2.22. The van der Waals surface area contributed by atoms with Crippen LogP contribution in [-0.4, -0.2) is 24.1 Å². The van der Waals surface area contributed by atoms with Gasteiger partial charge in [-0.15, -0.1) is 11.3 Å². The van der Waals surface area contributed by atoms with Gasteiger partial charge in [0.05, 0.1) is 26.8 Å². The van der Waals surface area contributed by atoms with Gasteiger partial charge in [0.15, 0.2) is 17.5 Å². The molecule has 0 saturated carbocycles. The molecule has 0 saturated heterocycles. The lowest BCUT2D eigenvalue weighted by Gasteiger charge is -2.12. The molecule has 0 N–H and O–H groups in total. The molecule has 9 aromatic carbocycles. The molecule has 63 heavy (non-hydrogen) atoms. The number of nitrogens with zero attached hydrogens (tertiary/aromatic N) is 5. The van der Waals surface area contributed by atoms with Crippen molar-refractivity contribution in [3.63, 3.8) is 0 Å². The number of benzene rings is 9. The van der Waals surface area contributed by atoms with E-state index in [-0.39, 0.29) is 0 Å². The summed E-state index contributed by atoms with van der Waals surface area (Å²) in [5.41, 5.74) is 12.3. The molecule has 0 spiro atoms. The molecule has 5 nitrogen and oxygen atoms in total. The molecule has 4 heterocycles. The zero-order valence-corrected chi connectivity index (χ0v) is 34.7. The van der Waals surface area contributed by atoms with Gasteiger partial charge in [-0.3, -0.25) is 0 Å². The monoisotopic (exact) mass is 821 g/mol. The van der Waals surface area contributed by atoms with Crippen LogP contribution in [-0.2, 0) is 0 Å². The number of fused-ring (bicyclic) bond motifs is 10. The van der Waals surface area contributed by atoms with E-state index in [0.717, 1.165) is 33.4 Å². The van der Waals surface area contributed by atoms with Gasteiger partial charge >= 0.3 is 0 Å². The van der Waals surface area contributed by atoms with E-state index in [1.165, 1.54) is 69.6 Å². The van der Waals surface area contributed by atoms with Gasteiger partial charge in [-0.2, -0.15) is 0 Å². The third-order valence-electron chi connectivity index (χ3n) is 12.4. The van der Waals surface area contributed by atoms with Crippen LogP contribution >= 0.6 is 11.3 Å². The van der Waals surface area contributed by atoms with E-state index < -0.39 is 0 Å². The summed E-state index contributed by atoms with van der Waals surface area (Å²) in [6, 6.07) is 75.6. The zero-order chi connectivity index (χ0) is 41.4. The zero-order valence-electron chi connectivity index (χ0n) is 33.9. The van der Waals surface area contributed by atoms with Crippen LogP contribution in [0.3, 0.4) is 0 Å². The second kappa shape index (κ2) is 14.2. The average molecular weight is 822 g/mol. The van der Waals surface area contributed by atoms with Crippen LogP contribution in [0.2, 0.25) is 0 Å². The summed E-state index contributed by atoms with van der Waals surface area (Å²) in [5, 5.41) is 7.52. The first-order valence-corrected chi connectivity index (χ1v) is 22.0. The molecule has 0 aliphatic carbocycles. The van der Waals surface area contributed by atoms with E-state index in [1.807, 2.05) is 72.0 Å². The lowest BCUT2D eigenvalue weighted by Crippen LogP contribution is -2.00. The molecule has 0 bridgehead atoms. The molecule has 0 radical (unpaired) electrons. The van der Waals surface area contributed by atoms with E-state index in [4.69, 9.17) is 15.0 Å². The van der Waals surface area contributed by atoms with Gasteiger partial charge in [-0.1, -0.05) is 140 Å². The van der Waals surface area contributed by atoms with Crippen LogP contribution in [0.25, 0.3) is 120 Å². The maximum absolute atomic E-state index is 4.99. The second-order valence-corrected chi connectivity index (χ2v) is 17.0. The molecule has 0 amide bonds. The minimum Gasteiger partial charge on any atom is -0.309 e. The molecular weight excluding hydrogens is 787 g/mol. The summed E-state index contributed by atoms with van der Waals surface area (Å²) in [4.78, 5) is 14.9. The molecule has 13 aromatic rings. The third-order valence-corrected chi connectivity index (χ3v) is 13.5. The van der Waals surface area contributed by atoms with E-state index in [1.54, 1.807) is 0 Å². The number of aromatic nitrogens is 5. The molecule has 0 aliphatic heterocycles. The Morgan fingerprint density at radius 2 is 0.810 bits per heavy atom. The Morgan fingerprint density at radius 3 is 1.46 bits per heavy atom. The van der Waals surface area contributed by atoms with Crippen molar-refractivity contribution in [2.45, 2.75) is 0 Å². The molecular formula is C57H35N5S. The lowest BCUT2D eigenvalue weighted by atomic mass is 9.95. The van der Waals surface area contributed by atoms with Crippen LogP contribution in [0.4, 0.5) is 0 Å². The molecule has 13 rings (SSSR count). The van der Waals surface area contributed by atoms with Crippen LogP contribution in [0.1, 0.15) is 0 Å². The summed E-state index contributed by atoms with van der Waals surface area (Å²) in [5.74, 6) is 1.93. The summed E-state index contributed by atoms with van der Waals surface area (Å²) < 4.78 is 7.43. The quantitative estimate of drug-likeness (QED) is 0.168. The standard InChI is InChI=1S/C57H35N5S/c1-4-16-36(17-5-1)55-58-56(37-18-6-2-7-19-37)60-57(59-55)38-28-31-41(32-29-38)61-48-25-13-10-22-42(48)46-34-39(30-33-50(46)61)45-35-47-43-23-11-14-26-49(43)62(40-20-8-3-9-21-40)53(47)54-52(45)44-24-12-15-27-51(44)63-54/h1-35H. The molecule has 4 aromatic heterocycles. The number of hydrogen-bond acceptors (Lipinski definition) is 4. The first kappa shape index (κ1) is 35.6.